The summed E-state index contributed by atoms with van der Waals surface area (Å²) in [5.41, 5.74) is 2.23. The third kappa shape index (κ3) is 4.82. The molecule has 2 aromatic rings. The summed E-state index contributed by atoms with van der Waals surface area (Å²) in [4.78, 5) is 14.8. The minimum Gasteiger partial charge on any atom is -0.372 e. The molecule has 138 valence electrons. The molecule has 27 heavy (non-hydrogen) atoms. The number of carbonyl (C=O) groups is 1. The summed E-state index contributed by atoms with van der Waals surface area (Å²) in [6.07, 6.45) is 5.27. The van der Waals surface area contributed by atoms with Gasteiger partial charge in [-0.3, -0.25) is 4.79 Å². The van der Waals surface area contributed by atoms with Crippen molar-refractivity contribution in [2.45, 2.75) is 19.3 Å². The molecular weight excluding hydrogens is 381 g/mol. The summed E-state index contributed by atoms with van der Waals surface area (Å²) in [5.74, 6) is -0.549. The summed E-state index contributed by atoms with van der Waals surface area (Å²) in [7, 11) is 0. The normalized spacial score (nSPS) is 14.6. The molecule has 3 rings (SSSR count). The van der Waals surface area contributed by atoms with Crippen LogP contribution in [0.2, 0.25) is 10.0 Å². The Balaban J connectivity index is 1.75. The first-order valence-electron chi connectivity index (χ1n) is 8.80. The lowest BCUT2D eigenvalue weighted by atomic mass is 10.1. The summed E-state index contributed by atoms with van der Waals surface area (Å²) < 4.78 is 0. The Kier molecular flexibility index (Phi) is 6.39. The van der Waals surface area contributed by atoms with Gasteiger partial charge in [-0.05, 0) is 55.2 Å². The van der Waals surface area contributed by atoms with Crippen molar-refractivity contribution in [2.75, 3.05) is 23.3 Å². The molecule has 1 aliphatic rings. The van der Waals surface area contributed by atoms with Gasteiger partial charge in [0, 0.05) is 18.8 Å². The van der Waals surface area contributed by atoms with Crippen LogP contribution in [0.3, 0.4) is 0 Å². The van der Waals surface area contributed by atoms with Crippen LogP contribution >= 0.6 is 23.2 Å². The molecule has 1 saturated heterocycles. The molecule has 0 spiro atoms. The highest BCUT2D eigenvalue weighted by Gasteiger charge is 2.14. The van der Waals surface area contributed by atoms with Gasteiger partial charge in [-0.15, -0.1) is 0 Å². The van der Waals surface area contributed by atoms with E-state index in [4.69, 9.17) is 23.2 Å². The Morgan fingerprint density at radius 3 is 2.26 bits per heavy atom. The quantitative estimate of drug-likeness (QED) is 0.542. The summed E-state index contributed by atoms with van der Waals surface area (Å²) in [6, 6.07) is 14.7. The van der Waals surface area contributed by atoms with E-state index < -0.39 is 5.91 Å². The molecular formula is C21H19Cl2N3O. The Labute approximate surface area is 169 Å². The minimum absolute atomic E-state index is 0.0169. The lowest BCUT2D eigenvalue weighted by Gasteiger charge is -2.28. The van der Waals surface area contributed by atoms with Crippen molar-refractivity contribution in [3.63, 3.8) is 0 Å². The molecule has 0 bridgehead atoms. The van der Waals surface area contributed by atoms with E-state index in [1.165, 1.54) is 19.3 Å². The Hall–Kier alpha value is -2.48. The van der Waals surface area contributed by atoms with Gasteiger partial charge in [0.05, 0.1) is 15.7 Å². The SMILES string of the molecule is N#C/C(=C\c1ccc(N2CCCCC2)cc1)C(=O)Nc1c(Cl)cccc1Cl. The highest BCUT2D eigenvalue weighted by Crippen LogP contribution is 2.30. The summed E-state index contributed by atoms with van der Waals surface area (Å²) in [5, 5.41) is 12.6. The number of carbonyl (C=O) groups excluding carboxylic acids is 1. The van der Waals surface area contributed by atoms with E-state index in [2.05, 4.69) is 10.2 Å². The van der Waals surface area contributed by atoms with Gasteiger partial charge < -0.3 is 10.2 Å². The average molecular weight is 400 g/mol. The van der Waals surface area contributed by atoms with Crippen LogP contribution in [0.25, 0.3) is 6.08 Å². The molecule has 0 unspecified atom stereocenters. The third-order valence-corrected chi connectivity index (χ3v) is 5.12. The second-order valence-corrected chi connectivity index (χ2v) is 7.17. The van der Waals surface area contributed by atoms with Gasteiger partial charge in [0.1, 0.15) is 11.6 Å². The second kappa shape index (κ2) is 8.94. The Morgan fingerprint density at radius 2 is 1.67 bits per heavy atom. The first-order valence-corrected chi connectivity index (χ1v) is 9.56. The standard InChI is InChI=1S/C21H19Cl2N3O/c22-18-5-4-6-19(23)20(18)25-21(27)16(14-24)13-15-7-9-17(10-8-15)26-11-2-1-3-12-26/h4-10,13H,1-3,11-12H2,(H,25,27)/b16-13+. The Bertz CT molecular complexity index is 874. The van der Waals surface area contributed by atoms with Crippen LogP contribution in [0.4, 0.5) is 11.4 Å². The monoisotopic (exact) mass is 399 g/mol. The number of halogens is 2. The topological polar surface area (TPSA) is 56.1 Å². The van der Waals surface area contributed by atoms with E-state index in [9.17, 15) is 10.1 Å². The largest absolute Gasteiger partial charge is 0.372 e. The molecule has 0 aliphatic carbocycles. The molecule has 1 amide bonds. The van der Waals surface area contributed by atoms with Crippen LogP contribution in [-0.4, -0.2) is 19.0 Å². The molecule has 1 aliphatic heterocycles. The zero-order valence-corrected chi connectivity index (χ0v) is 16.2. The molecule has 1 fully saturated rings. The maximum atomic E-state index is 12.4. The van der Waals surface area contributed by atoms with Crippen molar-refractivity contribution in [3.05, 3.63) is 63.6 Å². The van der Waals surface area contributed by atoms with E-state index in [-0.39, 0.29) is 5.57 Å². The lowest BCUT2D eigenvalue weighted by Crippen LogP contribution is -2.29. The van der Waals surface area contributed by atoms with Crippen molar-refractivity contribution >= 4 is 46.6 Å². The van der Waals surface area contributed by atoms with Crippen molar-refractivity contribution in [1.82, 2.24) is 0 Å². The van der Waals surface area contributed by atoms with E-state index in [1.54, 1.807) is 24.3 Å². The third-order valence-electron chi connectivity index (χ3n) is 4.49. The number of benzene rings is 2. The second-order valence-electron chi connectivity index (χ2n) is 6.36. The number of anilines is 2. The van der Waals surface area contributed by atoms with Crippen molar-refractivity contribution in [2.24, 2.45) is 0 Å². The molecule has 2 aromatic carbocycles. The van der Waals surface area contributed by atoms with Crippen LogP contribution in [0.1, 0.15) is 24.8 Å². The van der Waals surface area contributed by atoms with Gasteiger partial charge in [0.15, 0.2) is 0 Å². The molecule has 0 saturated carbocycles. The highest BCUT2D eigenvalue weighted by molar-refractivity contribution is 6.40. The predicted molar refractivity (Wildman–Crippen MR) is 111 cm³/mol. The highest BCUT2D eigenvalue weighted by atomic mass is 35.5. The number of para-hydroxylation sites is 1. The fraction of sp³-hybridized carbons (Fsp3) is 0.238. The maximum absolute atomic E-state index is 12.4. The number of nitriles is 1. The summed E-state index contributed by atoms with van der Waals surface area (Å²) in [6.45, 7) is 2.14. The zero-order valence-electron chi connectivity index (χ0n) is 14.7. The maximum Gasteiger partial charge on any atom is 0.266 e. The molecule has 1 N–H and O–H groups in total. The van der Waals surface area contributed by atoms with Crippen molar-refractivity contribution in [3.8, 4) is 6.07 Å². The number of hydrogen-bond acceptors (Lipinski definition) is 3. The van der Waals surface area contributed by atoms with Crippen LogP contribution in [0, 0.1) is 11.3 Å². The van der Waals surface area contributed by atoms with Crippen LogP contribution in [0.5, 0.6) is 0 Å². The van der Waals surface area contributed by atoms with E-state index in [1.807, 2.05) is 30.3 Å². The molecule has 0 radical (unpaired) electrons. The fourth-order valence-corrected chi connectivity index (χ4v) is 3.54. The Morgan fingerprint density at radius 1 is 1.04 bits per heavy atom. The smallest absolute Gasteiger partial charge is 0.266 e. The zero-order chi connectivity index (χ0) is 19.2. The van der Waals surface area contributed by atoms with Gasteiger partial charge in [-0.25, -0.2) is 0 Å². The van der Waals surface area contributed by atoms with Gasteiger partial charge in [-0.2, -0.15) is 5.26 Å². The molecule has 4 nitrogen and oxygen atoms in total. The number of nitrogens with zero attached hydrogens (tertiary/aromatic N) is 2. The van der Waals surface area contributed by atoms with E-state index >= 15 is 0 Å². The van der Waals surface area contributed by atoms with Gasteiger partial charge in [0.2, 0.25) is 0 Å². The van der Waals surface area contributed by atoms with Crippen LogP contribution in [0.15, 0.2) is 48.0 Å². The van der Waals surface area contributed by atoms with Crippen molar-refractivity contribution < 1.29 is 4.79 Å². The van der Waals surface area contributed by atoms with Crippen LogP contribution in [-0.2, 0) is 4.79 Å². The number of hydrogen-bond donors (Lipinski definition) is 1. The molecule has 0 atom stereocenters. The van der Waals surface area contributed by atoms with E-state index in [0.29, 0.717) is 15.7 Å². The molecule has 0 aromatic heterocycles. The number of piperidine rings is 1. The van der Waals surface area contributed by atoms with Gasteiger partial charge in [0.25, 0.3) is 5.91 Å². The molecule has 1 heterocycles. The molecule has 6 heteroatoms. The minimum atomic E-state index is -0.549. The van der Waals surface area contributed by atoms with Crippen molar-refractivity contribution in [1.29, 1.82) is 5.26 Å². The fourth-order valence-electron chi connectivity index (χ4n) is 3.05. The average Bonchev–Trinajstić information content (AvgIpc) is 2.70. The van der Waals surface area contributed by atoms with Crippen LogP contribution < -0.4 is 10.2 Å². The van der Waals surface area contributed by atoms with Gasteiger partial charge in [-0.1, -0.05) is 41.4 Å². The number of amides is 1. The predicted octanol–water partition coefficient (Wildman–Crippen LogP) is 5.53. The number of rotatable bonds is 4. The lowest BCUT2D eigenvalue weighted by molar-refractivity contribution is -0.112. The van der Waals surface area contributed by atoms with E-state index in [0.717, 1.165) is 24.3 Å². The summed E-state index contributed by atoms with van der Waals surface area (Å²) >= 11 is 12.1. The first-order chi connectivity index (χ1) is 13.1. The first kappa shape index (κ1) is 19.3. The van der Waals surface area contributed by atoms with Gasteiger partial charge >= 0.3 is 0 Å². The number of nitrogens with one attached hydrogen (secondary N) is 1.